The molecule has 146 valence electrons. The molecule has 5 nitrogen and oxygen atoms in total. The van der Waals surface area contributed by atoms with Crippen molar-refractivity contribution in [3.63, 3.8) is 0 Å². The third-order valence-corrected chi connectivity index (χ3v) is 5.38. The number of carbonyl (C=O) groups excluding carboxylic acids is 1. The Kier molecular flexibility index (Phi) is 8.07. The quantitative estimate of drug-likeness (QED) is 0.649. The second-order valence-corrected chi connectivity index (χ2v) is 7.93. The lowest BCUT2D eigenvalue weighted by Gasteiger charge is -2.28. The monoisotopic (exact) mass is 362 g/mol. The molecule has 2 rings (SSSR count). The van der Waals surface area contributed by atoms with Crippen LogP contribution >= 0.6 is 0 Å². The van der Waals surface area contributed by atoms with Crippen molar-refractivity contribution < 1.29 is 15.0 Å². The van der Waals surface area contributed by atoms with Gasteiger partial charge in [-0.1, -0.05) is 37.3 Å². The molecule has 4 atom stereocenters. The van der Waals surface area contributed by atoms with E-state index in [0.29, 0.717) is 19.3 Å². The summed E-state index contributed by atoms with van der Waals surface area (Å²) in [6.07, 6.45) is 3.40. The summed E-state index contributed by atoms with van der Waals surface area (Å²) in [7, 11) is 0. The average molecular weight is 363 g/mol. The Morgan fingerprint density at radius 2 is 1.88 bits per heavy atom. The zero-order valence-electron chi connectivity index (χ0n) is 16.1. The van der Waals surface area contributed by atoms with Crippen LogP contribution in [0.1, 0.15) is 51.5 Å². The molecule has 0 saturated carbocycles. The fourth-order valence-corrected chi connectivity index (χ4v) is 3.46. The van der Waals surface area contributed by atoms with Crippen molar-refractivity contribution >= 4 is 5.91 Å². The maximum Gasteiger partial charge on any atom is 0.225 e. The van der Waals surface area contributed by atoms with Gasteiger partial charge in [-0.05, 0) is 64.1 Å². The van der Waals surface area contributed by atoms with Crippen LogP contribution in [-0.2, 0) is 11.2 Å². The molecule has 0 aromatic heterocycles. The van der Waals surface area contributed by atoms with Gasteiger partial charge in [-0.2, -0.15) is 0 Å². The molecule has 1 aliphatic heterocycles. The lowest BCUT2D eigenvalue weighted by molar-refractivity contribution is -0.129. The Morgan fingerprint density at radius 3 is 2.62 bits per heavy atom. The summed E-state index contributed by atoms with van der Waals surface area (Å²) in [5, 5.41) is 27.3. The number of rotatable bonds is 2. The van der Waals surface area contributed by atoms with Crippen LogP contribution in [0, 0.1) is 5.92 Å². The minimum absolute atomic E-state index is 0.0399. The molecule has 1 heterocycles. The number of benzene rings is 1. The van der Waals surface area contributed by atoms with Crippen molar-refractivity contribution in [3.05, 3.63) is 35.9 Å². The first-order valence-electron chi connectivity index (χ1n) is 9.83. The number of aliphatic hydroxyl groups is 2. The molecular formula is C21H34N2O3. The lowest BCUT2D eigenvalue weighted by Crippen LogP contribution is -2.44. The van der Waals surface area contributed by atoms with E-state index in [1.807, 2.05) is 25.1 Å². The van der Waals surface area contributed by atoms with Crippen LogP contribution in [0.15, 0.2) is 30.3 Å². The molecule has 0 aliphatic carbocycles. The normalized spacial score (nSPS) is 32.5. The number of nitrogens with one attached hydrogen (secondary N) is 2. The van der Waals surface area contributed by atoms with Gasteiger partial charge in [0.1, 0.15) is 0 Å². The van der Waals surface area contributed by atoms with Crippen LogP contribution in [0.4, 0.5) is 0 Å². The Hall–Kier alpha value is -1.43. The van der Waals surface area contributed by atoms with Gasteiger partial charge in [0.15, 0.2) is 0 Å². The highest BCUT2D eigenvalue weighted by molar-refractivity contribution is 5.79. The van der Waals surface area contributed by atoms with Crippen molar-refractivity contribution in [2.24, 2.45) is 5.92 Å². The zero-order valence-corrected chi connectivity index (χ0v) is 16.1. The highest BCUT2D eigenvalue weighted by Crippen LogP contribution is 2.22. The average Bonchev–Trinajstić information content (AvgIpc) is 2.62. The number of aliphatic hydroxyl groups excluding tert-OH is 1. The van der Waals surface area contributed by atoms with Gasteiger partial charge < -0.3 is 20.8 Å². The molecule has 1 aliphatic rings. The third kappa shape index (κ3) is 7.06. The van der Waals surface area contributed by atoms with E-state index in [1.165, 1.54) is 5.56 Å². The van der Waals surface area contributed by atoms with Crippen molar-refractivity contribution in [1.29, 1.82) is 0 Å². The highest BCUT2D eigenvalue weighted by atomic mass is 16.3. The predicted molar refractivity (Wildman–Crippen MR) is 104 cm³/mol. The van der Waals surface area contributed by atoms with E-state index < -0.39 is 17.6 Å². The molecule has 5 heteroatoms. The standard InChI is InChI=1S/C21H34N2O3/c1-16-19(24)9-12-21(2,26)11-6-13-22-14-10-18(23-20(16)25)15-17-7-4-3-5-8-17/h3-5,7-8,16,18-19,22,24,26H,6,9-15H2,1-2H3,(H,23,25)/t16?,18?,19-,21+/m0/s1. The summed E-state index contributed by atoms with van der Waals surface area (Å²) >= 11 is 0. The minimum Gasteiger partial charge on any atom is -0.392 e. The summed E-state index contributed by atoms with van der Waals surface area (Å²) in [4.78, 5) is 12.6. The topological polar surface area (TPSA) is 81.6 Å². The smallest absolute Gasteiger partial charge is 0.225 e. The largest absolute Gasteiger partial charge is 0.392 e. The Morgan fingerprint density at radius 1 is 1.15 bits per heavy atom. The second-order valence-electron chi connectivity index (χ2n) is 7.93. The van der Waals surface area contributed by atoms with E-state index in [0.717, 1.165) is 32.4 Å². The molecule has 0 spiro atoms. The number of hydrogen-bond donors (Lipinski definition) is 4. The summed E-state index contributed by atoms with van der Waals surface area (Å²) in [5.74, 6) is -0.602. The molecule has 0 bridgehead atoms. The van der Waals surface area contributed by atoms with Gasteiger partial charge in [-0.25, -0.2) is 0 Å². The van der Waals surface area contributed by atoms with Crippen LogP contribution in [0.5, 0.6) is 0 Å². The van der Waals surface area contributed by atoms with Crippen LogP contribution in [0.25, 0.3) is 0 Å². The van der Waals surface area contributed by atoms with Crippen molar-refractivity contribution in [3.8, 4) is 0 Å². The first-order chi connectivity index (χ1) is 12.4. The van der Waals surface area contributed by atoms with Gasteiger partial charge >= 0.3 is 0 Å². The molecule has 26 heavy (non-hydrogen) atoms. The molecule has 2 unspecified atom stereocenters. The maximum atomic E-state index is 12.6. The Labute approximate surface area is 157 Å². The highest BCUT2D eigenvalue weighted by Gasteiger charge is 2.28. The Bertz CT molecular complexity index is 547. The second kappa shape index (κ2) is 10.0. The maximum absolute atomic E-state index is 12.6. The van der Waals surface area contributed by atoms with Crippen LogP contribution < -0.4 is 10.6 Å². The van der Waals surface area contributed by atoms with Crippen LogP contribution in [0.3, 0.4) is 0 Å². The molecule has 1 aromatic carbocycles. The summed E-state index contributed by atoms with van der Waals surface area (Å²) < 4.78 is 0. The van der Waals surface area contributed by atoms with Crippen molar-refractivity contribution in [1.82, 2.24) is 10.6 Å². The van der Waals surface area contributed by atoms with Gasteiger partial charge in [-0.15, -0.1) is 0 Å². The van der Waals surface area contributed by atoms with E-state index in [-0.39, 0.29) is 11.9 Å². The summed E-state index contributed by atoms with van der Waals surface area (Å²) in [6, 6.07) is 10.2. The van der Waals surface area contributed by atoms with E-state index in [2.05, 4.69) is 22.8 Å². The summed E-state index contributed by atoms with van der Waals surface area (Å²) in [5.41, 5.74) is 0.405. The molecule has 1 aromatic rings. The Balaban J connectivity index is 2.03. The third-order valence-electron chi connectivity index (χ3n) is 5.38. The molecular weight excluding hydrogens is 328 g/mol. The zero-order chi connectivity index (χ0) is 19.0. The molecule has 4 N–H and O–H groups in total. The first-order valence-corrected chi connectivity index (χ1v) is 9.83. The van der Waals surface area contributed by atoms with E-state index in [1.54, 1.807) is 6.92 Å². The fourth-order valence-electron chi connectivity index (χ4n) is 3.46. The SMILES string of the molecule is CC1C(=O)NC(Cc2ccccc2)CCNCCC[C@@](C)(O)CC[C@@H]1O. The molecule has 0 radical (unpaired) electrons. The molecule has 1 amide bonds. The van der Waals surface area contributed by atoms with Crippen molar-refractivity contribution in [2.45, 2.75) is 70.1 Å². The van der Waals surface area contributed by atoms with Gasteiger partial charge in [0, 0.05) is 6.04 Å². The summed E-state index contributed by atoms with van der Waals surface area (Å²) in [6.45, 7) is 5.24. The lowest BCUT2D eigenvalue weighted by atomic mass is 9.89. The van der Waals surface area contributed by atoms with Gasteiger partial charge in [-0.3, -0.25) is 4.79 Å². The predicted octanol–water partition coefficient (Wildman–Crippen LogP) is 2.02. The van der Waals surface area contributed by atoms with Gasteiger partial charge in [0.25, 0.3) is 0 Å². The molecule has 1 saturated heterocycles. The number of amides is 1. The van der Waals surface area contributed by atoms with Crippen molar-refractivity contribution in [2.75, 3.05) is 13.1 Å². The molecule has 1 fully saturated rings. The van der Waals surface area contributed by atoms with Gasteiger partial charge in [0.2, 0.25) is 5.91 Å². The number of carbonyl (C=O) groups is 1. The fraction of sp³-hybridized carbons (Fsp3) is 0.667. The van der Waals surface area contributed by atoms with Crippen LogP contribution in [0.2, 0.25) is 0 Å². The first kappa shape index (κ1) is 20.9. The minimum atomic E-state index is -0.793. The number of hydrogen-bond acceptors (Lipinski definition) is 4. The van der Waals surface area contributed by atoms with Gasteiger partial charge in [0.05, 0.1) is 17.6 Å². The van der Waals surface area contributed by atoms with Crippen LogP contribution in [-0.4, -0.2) is 47.0 Å². The van der Waals surface area contributed by atoms with E-state index in [4.69, 9.17) is 0 Å². The van der Waals surface area contributed by atoms with E-state index >= 15 is 0 Å². The van der Waals surface area contributed by atoms with E-state index in [9.17, 15) is 15.0 Å².